The molecule has 0 aliphatic carbocycles. The van der Waals surface area contributed by atoms with E-state index in [1.165, 1.54) is 14.1 Å². The van der Waals surface area contributed by atoms with E-state index in [1.54, 1.807) is 11.3 Å². The SMILES string of the molecule is CCCNC(Cc1nc(C)cs1)c1ccccc1I. The van der Waals surface area contributed by atoms with Gasteiger partial charge in [-0.1, -0.05) is 25.1 Å². The summed E-state index contributed by atoms with van der Waals surface area (Å²) in [6.45, 7) is 5.30. The second kappa shape index (κ2) is 7.36. The Hall–Kier alpha value is -0.460. The average Bonchev–Trinajstić information content (AvgIpc) is 2.81. The maximum Gasteiger partial charge on any atom is 0.0947 e. The lowest BCUT2D eigenvalue weighted by Crippen LogP contribution is -2.24. The summed E-state index contributed by atoms with van der Waals surface area (Å²) in [4.78, 5) is 4.59. The summed E-state index contributed by atoms with van der Waals surface area (Å²) in [6, 6.07) is 8.96. The Balaban J connectivity index is 2.18. The van der Waals surface area contributed by atoms with Crippen molar-refractivity contribution in [1.29, 1.82) is 0 Å². The molecule has 0 aliphatic rings. The van der Waals surface area contributed by atoms with Crippen LogP contribution in [0.1, 0.15) is 35.7 Å². The molecule has 19 heavy (non-hydrogen) atoms. The van der Waals surface area contributed by atoms with Gasteiger partial charge in [0, 0.05) is 27.1 Å². The first kappa shape index (κ1) is 14.9. The third-order valence-corrected chi connectivity index (χ3v) is 4.94. The fraction of sp³-hybridized carbons (Fsp3) is 0.400. The normalized spacial score (nSPS) is 12.6. The van der Waals surface area contributed by atoms with Gasteiger partial charge in [0.15, 0.2) is 0 Å². The standard InChI is InChI=1S/C15H19IN2S/c1-3-8-17-14(9-15-18-11(2)10-19-15)12-6-4-5-7-13(12)16/h4-7,10,14,17H,3,8-9H2,1-2H3. The monoisotopic (exact) mass is 386 g/mol. The van der Waals surface area contributed by atoms with E-state index >= 15 is 0 Å². The Labute approximate surface area is 132 Å². The van der Waals surface area contributed by atoms with E-state index < -0.39 is 0 Å². The van der Waals surface area contributed by atoms with Gasteiger partial charge in [-0.25, -0.2) is 4.98 Å². The molecular formula is C15H19IN2S. The minimum atomic E-state index is 0.360. The van der Waals surface area contributed by atoms with E-state index in [9.17, 15) is 0 Å². The number of hydrogen-bond acceptors (Lipinski definition) is 3. The van der Waals surface area contributed by atoms with Gasteiger partial charge in [-0.05, 0) is 54.1 Å². The molecule has 1 atom stereocenters. The molecule has 0 saturated heterocycles. The molecule has 2 nitrogen and oxygen atoms in total. The Morgan fingerprint density at radius 2 is 2.16 bits per heavy atom. The number of aromatic nitrogens is 1. The van der Waals surface area contributed by atoms with Crippen LogP contribution in [0.25, 0.3) is 0 Å². The van der Waals surface area contributed by atoms with Crippen molar-refractivity contribution in [2.24, 2.45) is 0 Å². The third-order valence-electron chi connectivity index (χ3n) is 2.97. The van der Waals surface area contributed by atoms with E-state index in [4.69, 9.17) is 0 Å². The highest BCUT2D eigenvalue weighted by Crippen LogP contribution is 2.24. The lowest BCUT2D eigenvalue weighted by molar-refractivity contribution is 0.526. The van der Waals surface area contributed by atoms with Crippen LogP contribution in [-0.4, -0.2) is 11.5 Å². The summed E-state index contributed by atoms with van der Waals surface area (Å²) in [5.74, 6) is 0. The second-order valence-electron chi connectivity index (χ2n) is 4.61. The predicted octanol–water partition coefficient (Wildman–Crippen LogP) is 4.34. The number of aryl methyl sites for hydroxylation is 1. The van der Waals surface area contributed by atoms with Crippen molar-refractivity contribution in [3.8, 4) is 0 Å². The van der Waals surface area contributed by atoms with Crippen LogP contribution in [0.3, 0.4) is 0 Å². The highest BCUT2D eigenvalue weighted by atomic mass is 127. The molecule has 2 rings (SSSR count). The van der Waals surface area contributed by atoms with E-state index in [0.717, 1.165) is 25.1 Å². The van der Waals surface area contributed by atoms with Gasteiger partial charge in [-0.15, -0.1) is 11.3 Å². The molecule has 1 N–H and O–H groups in total. The van der Waals surface area contributed by atoms with Crippen LogP contribution < -0.4 is 5.32 Å². The third kappa shape index (κ3) is 4.26. The molecule has 1 aromatic heterocycles. The Kier molecular flexibility index (Phi) is 5.78. The van der Waals surface area contributed by atoms with Crippen LogP contribution in [0.5, 0.6) is 0 Å². The molecule has 0 spiro atoms. The molecule has 0 radical (unpaired) electrons. The van der Waals surface area contributed by atoms with Crippen molar-refractivity contribution in [3.63, 3.8) is 0 Å². The fourth-order valence-electron chi connectivity index (χ4n) is 2.04. The van der Waals surface area contributed by atoms with Crippen LogP contribution >= 0.6 is 33.9 Å². The number of thiazole rings is 1. The Bertz CT molecular complexity index is 524. The van der Waals surface area contributed by atoms with Gasteiger partial charge in [-0.3, -0.25) is 0 Å². The average molecular weight is 386 g/mol. The van der Waals surface area contributed by atoms with E-state index in [2.05, 4.69) is 76.4 Å². The van der Waals surface area contributed by atoms with Crippen molar-refractivity contribution in [1.82, 2.24) is 10.3 Å². The number of nitrogens with one attached hydrogen (secondary N) is 1. The first-order valence-corrected chi connectivity index (χ1v) is 8.55. The smallest absolute Gasteiger partial charge is 0.0947 e. The minimum absolute atomic E-state index is 0.360. The Morgan fingerprint density at radius 1 is 1.37 bits per heavy atom. The van der Waals surface area contributed by atoms with Crippen LogP contribution in [0.4, 0.5) is 0 Å². The molecule has 1 unspecified atom stereocenters. The predicted molar refractivity (Wildman–Crippen MR) is 90.7 cm³/mol. The summed E-state index contributed by atoms with van der Waals surface area (Å²) in [5.41, 5.74) is 2.50. The maximum absolute atomic E-state index is 4.59. The van der Waals surface area contributed by atoms with Gasteiger partial charge in [-0.2, -0.15) is 0 Å². The zero-order valence-corrected chi connectivity index (χ0v) is 14.3. The first-order valence-electron chi connectivity index (χ1n) is 6.59. The van der Waals surface area contributed by atoms with Gasteiger partial charge >= 0.3 is 0 Å². The molecule has 2 aromatic rings. The van der Waals surface area contributed by atoms with Gasteiger partial charge < -0.3 is 5.32 Å². The molecule has 102 valence electrons. The van der Waals surface area contributed by atoms with Crippen molar-refractivity contribution in [2.75, 3.05) is 6.54 Å². The number of rotatable bonds is 6. The van der Waals surface area contributed by atoms with Crippen LogP contribution in [-0.2, 0) is 6.42 Å². The van der Waals surface area contributed by atoms with Crippen LogP contribution in [0, 0.1) is 10.5 Å². The van der Waals surface area contributed by atoms with Crippen LogP contribution in [0.15, 0.2) is 29.6 Å². The van der Waals surface area contributed by atoms with E-state index in [0.29, 0.717) is 6.04 Å². The van der Waals surface area contributed by atoms with Crippen molar-refractivity contribution >= 4 is 33.9 Å². The lowest BCUT2D eigenvalue weighted by atomic mass is 10.0. The molecule has 0 fully saturated rings. The summed E-state index contributed by atoms with van der Waals surface area (Å²) in [7, 11) is 0. The van der Waals surface area contributed by atoms with Crippen molar-refractivity contribution in [2.45, 2.75) is 32.7 Å². The number of halogens is 1. The summed E-state index contributed by atoms with van der Waals surface area (Å²) in [5, 5.41) is 6.99. The molecule has 4 heteroatoms. The lowest BCUT2D eigenvalue weighted by Gasteiger charge is -2.19. The summed E-state index contributed by atoms with van der Waals surface area (Å²) < 4.78 is 1.32. The van der Waals surface area contributed by atoms with Crippen molar-refractivity contribution in [3.05, 3.63) is 49.5 Å². The largest absolute Gasteiger partial charge is 0.310 e. The number of hydrogen-bond donors (Lipinski definition) is 1. The van der Waals surface area contributed by atoms with Gasteiger partial charge in [0.2, 0.25) is 0 Å². The Morgan fingerprint density at radius 3 is 2.79 bits per heavy atom. The molecule has 0 saturated carbocycles. The quantitative estimate of drug-likeness (QED) is 0.748. The highest BCUT2D eigenvalue weighted by molar-refractivity contribution is 14.1. The first-order chi connectivity index (χ1) is 9.20. The molecule has 0 amide bonds. The number of nitrogens with zero attached hydrogens (tertiary/aromatic N) is 1. The molecule has 0 aliphatic heterocycles. The van der Waals surface area contributed by atoms with Gasteiger partial charge in [0.1, 0.15) is 0 Å². The fourth-order valence-corrected chi connectivity index (χ4v) is 3.62. The summed E-state index contributed by atoms with van der Waals surface area (Å²) in [6.07, 6.45) is 2.12. The molecular weight excluding hydrogens is 367 g/mol. The van der Waals surface area contributed by atoms with E-state index in [-0.39, 0.29) is 0 Å². The highest BCUT2D eigenvalue weighted by Gasteiger charge is 2.15. The van der Waals surface area contributed by atoms with Gasteiger partial charge in [0.25, 0.3) is 0 Å². The number of benzene rings is 1. The topological polar surface area (TPSA) is 24.9 Å². The van der Waals surface area contributed by atoms with Crippen LogP contribution in [0.2, 0.25) is 0 Å². The zero-order chi connectivity index (χ0) is 13.7. The van der Waals surface area contributed by atoms with Gasteiger partial charge in [0.05, 0.1) is 5.01 Å². The summed E-state index contributed by atoms with van der Waals surface area (Å²) >= 11 is 4.18. The molecule has 0 bridgehead atoms. The second-order valence-corrected chi connectivity index (χ2v) is 6.72. The minimum Gasteiger partial charge on any atom is -0.310 e. The zero-order valence-electron chi connectivity index (χ0n) is 11.3. The van der Waals surface area contributed by atoms with Crippen molar-refractivity contribution < 1.29 is 0 Å². The molecule has 1 aromatic carbocycles. The maximum atomic E-state index is 4.59. The molecule has 1 heterocycles. The van der Waals surface area contributed by atoms with E-state index in [1.807, 2.05) is 0 Å².